The number of amidine groups is 1. The summed E-state index contributed by atoms with van der Waals surface area (Å²) in [6, 6.07) is 3.95. The topological polar surface area (TPSA) is 64.4 Å². The standard InChI is InChI=1S/C18H23BrN6O/c1-23-7-3-4-13-16(23)21-18(22-17(13)26)25-10-8-24(9-11-25)12-15-14(19)5-2-6-20-15/h2,5-6,13H,3-4,7-12H2,1H3. The van der Waals surface area contributed by atoms with E-state index in [4.69, 9.17) is 4.99 Å². The van der Waals surface area contributed by atoms with Gasteiger partial charge in [-0.2, -0.15) is 9.98 Å². The fourth-order valence-corrected chi connectivity index (χ4v) is 4.12. The Balaban J connectivity index is 1.40. The van der Waals surface area contributed by atoms with Gasteiger partial charge in [0.05, 0.1) is 11.6 Å². The Morgan fingerprint density at radius 1 is 1.19 bits per heavy atom. The molecule has 0 bridgehead atoms. The molecular formula is C18H23BrN6O. The summed E-state index contributed by atoms with van der Waals surface area (Å²) in [5, 5.41) is 0. The molecule has 1 aromatic rings. The van der Waals surface area contributed by atoms with Crippen LogP contribution in [0.25, 0.3) is 0 Å². The maximum atomic E-state index is 12.4. The number of aliphatic imine (C=N–C) groups is 2. The van der Waals surface area contributed by atoms with E-state index >= 15 is 0 Å². The Morgan fingerprint density at radius 2 is 2.00 bits per heavy atom. The van der Waals surface area contributed by atoms with Gasteiger partial charge in [0.15, 0.2) is 0 Å². The second kappa shape index (κ2) is 7.44. The van der Waals surface area contributed by atoms with Gasteiger partial charge in [-0.05, 0) is 40.9 Å². The van der Waals surface area contributed by atoms with Crippen molar-refractivity contribution in [2.45, 2.75) is 19.4 Å². The molecule has 4 rings (SSSR count). The lowest BCUT2D eigenvalue weighted by atomic mass is 9.95. The number of halogens is 1. The number of aromatic nitrogens is 1. The molecule has 1 unspecified atom stereocenters. The molecule has 0 aliphatic carbocycles. The van der Waals surface area contributed by atoms with Crippen molar-refractivity contribution >= 4 is 33.6 Å². The van der Waals surface area contributed by atoms with E-state index in [0.29, 0.717) is 5.96 Å². The third-order valence-electron chi connectivity index (χ3n) is 5.28. The van der Waals surface area contributed by atoms with E-state index in [2.05, 4.69) is 40.6 Å². The van der Waals surface area contributed by atoms with Crippen LogP contribution in [0.15, 0.2) is 32.8 Å². The van der Waals surface area contributed by atoms with Gasteiger partial charge in [0.2, 0.25) is 5.96 Å². The lowest BCUT2D eigenvalue weighted by Gasteiger charge is -2.38. The van der Waals surface area contributed by atoms with Crippen molar-refractivity contribution in [3.8, 4) is 0 Å². The van der Waals surface area contributed by atoms with Gasteiger partial charge >= 0.3 is 0 Å². The fraction of sp³-hybridized carbons (Fsp3) is 0.556. The summed E-state index contributed by atoms with van der Waals surface area (Å²) in [7, 11) is 2.02. The maximum absolute atomic E-state index is 12.4. The van der Waals surface area contributed by atoms with Gasteiger partial charge in [0, 0.05) is 57.0 Å². The van der Waals surface area contributed by atoms with Crippen LogP contribution in [0.5, 0.6) is 0 Å². The third kappa shape index (κ3) is 3.53. The van der Waals surface area contributed by atoms with Gasteiger partial charge < -0.3 is 9.80 Å². The van der Waals surface area contributed by atoms with Crippen LogP contribution in [0.1, 0.15) is 18.5 Å². The van der Waals surface area contributed by atoms with E-state index in [1.54, 1.807) is 0 Å². The smallest absolute Gasteiger partial charge is 0.259 e. The molecule has 0 radical (unpaired) electrons. The highest BCUT2D eigenvalue weighted by Crippen LogP contribution is 2.24. The van der Waals surface area contributed by atoms with Gasteiger partial charge in [-0.25, -0.2) is 0 Å². The minimum Gasteiger partial charge on any atom is -0.362 e. The number of hydrogen-bond acceptors (Lipinski definition) is 6. The zero-order valence-corrected chi connectivity index (χ0v) is 16.5. The van der Waals surface area contributed by atoms with Crippen LogP contribution >= 0.6 is 15.9 Å². The second-order valence-electron chi connectivity index (χ2n) is 7.03. The van der Waals surface area contributed by atoms with Crippen LogP contribution in [0.3, 0.4) is 0 Å². The van der Waals surface area contributed by atoms with Crippen LogP contribution in [-0.4, -0.2) is 77.2 Å². The molecule has 4 heterocycles. The molecule has 1 aromatic heterocycles. The highest BCUT2D eigenvalue weighted by Gasteiger charge is 2.35. The number of carbonyl (C=O) groups excluding carboxylic acids is 1. The monoisotopic (exact) mass is 418 g/mol. The molecule has 0 N–H and O–H groups in total. The number of rotatable bonds is 2. The Bertz CT molecular complexity index is 756. The third-order valence-corrected chi connectivity index (χ3v) is 6.00. The highest BCUT2D eigenvalue weighted by molar-refractivity contribution is 9.10. The van der Waals surface area contributed by atoms with Gasteiger partial charge in [0.25, 0.3) is 5.91 Å². The van der Waals surface area contributed by atoms with E-state index in [1.807, 2.05) is 25.4 Å². The predicted octanol–water partition coefficient (Wildman–Crippen LogP) is 1.60. The van der Waals surface area contributed by atoms with E-state index in [0.717, 1.165) is 68.1 Å². The van der Waals surface area contributed by atoms with Crippen LogP contribution in [0.2, 0.25) is 0 Å². The zero-order valence-electron chi connectivity index (χ0n) is 14.9. The molecule has 3 aliphatic heterocycles. The summed E-state index contributed by atoms with van der Waals surface area (Å²) in [6.07, 6.45) is 3.72. The Labute approximate surface area is 161 Å². The predicted molar refractivity (Wildman–Crippen MR) is 104 cm³/mol. The summed E-state index contributed by atoms with van der Waals surface area (Å²) in [6.45, 7) is 5.23. The number of pyridine rings is 1. The Morgan fingerprint density at radius 3 is 2.77 bits per heavy atom. The summed E-state index contributed by atoms with van der Waals surface area (Å²) in [5.41, 5.74) is 1.05. The maximum Gasteiger partial charge on any atom is 0.259 e. The summed E-state index contributed by atoms with van der Waals surface area (Å²) in [5.74, 6) is 1.32. The van der Waals surface area contributed by atoms with Gasteiger partial charge in [-0.3, -0.25) is 14.7 Å². The minimum atomic E-state index is -0.139. The van der Waals surface area contributed by atoms with Crippen LogP contribution in [0, 0.1) is 5.92 Å². The first kappa shape index (κ1) is 17.6. The fourth-order valence-electron chi connectivity index (χ4n) is 3.74. The SMILES string of the molecule is CN1CCCC2C(=O)N=C(N3CCN(Cc4ncccc4Br)CC3)N=C21. The van der Waals surface area contributed by atoms with Crippen molar-refractivity contribution in [3.63, 3.8) is 0 Å². The van der Waals surface area contributed by atoms with Crippen molar-refractivity contribution in [2.75, 3.05) is 39.8 Å². The number of piperazine rings is 1. The number of amides is 1. The summed E-state index contributed by atoms with van der Waals surface area (Å²) >= 11 is 3.56. The number of piperidine rings is 1. The molecule has 8 heteroatoms. The van der Waals surface area contributed by atoms with Crippen molar-refractivity contribution < 1.29 is 4.79 Å². The molecule has 0 aromatic carbocycles. The second-order valence-corrected chi connectivity index (χ2v) is 7.89. The molecule has 7 nitrogen and oxygen atoms in total. The average Bonchev–Trinajstić information content (AvgIpc) is 2.65. The molecule has 2 fully saturated rings. The quantitative estimate of drug-likeness (QED) is 0.729. The molecule has 1 amide bonds. The summed E-state index contributed by atoms with van der Waals surface area (Å²) < 4.78 is 1.04. The lowest BCUT2D eigenvalue weighted by Crippen LogP contribution is -2.51. The van der Waals surface area contributed by atoms with E-state index < -0.39 is 0 Å². The first-order valence-corrected chi connectivity index (χ1v) is 9.90. The van der Waals surface area contributed by atoms with Crippen LogP contribution < -0.4 is 0 Å². The molecule has 1 atom stereocenters. The highest BCUT2D eigenvalue weighted by atomic mass is 79.9. The van der Waals surface area contributed by atoms with E-state index in [1.165, 1.54) is 0 Å². The van der Waals surface area contributed by atoms with Crippen molar-refractivity contribution in [3.05, 3.63) is 28.5 Å². The molecule has 0 saturated carbocycles. The molecule has 0 spiro atoms. The van der Waals surface area contributed by atoms with Gasteiger partial charge in [-0.1, -0.05) is 0 Å². The molecule has 2 saturated heterocycles. The first-order valence-electron chi connectivity index (χ1n) is 9.11. The summed E-state index contributed by atoms with van der Waals surface area (Å²) in [4.78, 5) is 32.5. The van der Waals surface area contributed by atoms with Crippen LogP contribution in [0.4, 0.5) is 0 Å². The average molecular weight is 419 g/mol. The number of fused-ring (bicyclic) bond motifs is 1. The minimum absolute atomic E-state index is 0.0311. The molecule has 3 aliphatic rings. The normalized spacial score (nSPS) is 24.2. The van der Waals surface area contributed by atoms with E-state index in [-0.39, 0.29) is 11.8 Å². The van der Waals surface area contributed by atoms with Crippen LogP contribution in [-0.2, 0) is 11.3 Å². The largest absolute Gasteiger partial charge is 0.362 e. The lowest BCUT2D eigenvalue weighted by molar-refractivity contribution is -0.120. The van der Waals surface area contributed by atoms with Crippen molar-refractivity contribution in [1.29, 1.82) is 0 Å². The Kier molecular flexibility index (Phi) is 5.04. The van der Waals surface area contributed by atoms with E-state index in [9.17, 15) is 4.79 Å². The Hall–Kier alpha value is -1.80. The molecule has 138 valence electrons. The van der Waals surface area contributed by atoms with Gasteiger partial charge in [0.1, 0.15) is 5.84 Å². The number of guanidine groups is 1. The molecule has 26 heavy (non-hydrogen) atoms. The first-order chi connectivity index (χ1) is 12.6. The number of carbonyl (C=O) groups is 1. The van der Waals surface area contributed by atoms with Crippen molar-refractivity contribution in [1.82, 2.24) is 19.7 Å². The molecular weight excluding hydrogens is 396 g/mol. The zero-order chi connectivity index (χ0) is 18.1. The number of nitrogens with zero attached hydrogens (tertiary/aromatic N) is 6. The number of likely N-dealkylation sites (tertiary alicyclic amines) is 1. The van der Waals surface area contributed by atoms with Gasteiger partial charge in [-0.15, -0.1) is 0 Å². The number of hydrogen-bond donors (Lipinski definition) is 0. The van der Waals surface area contributed by atoms with Crippen molar-refractivity contribution in [2.24, 2.45) is 15.9 Å².